The number of nitrogens with zero attached hydrogens (tertiary/aromatic N) is 2. The minimum absolute atomic E-state index is 0.0753. The van der Waals surface area contributed by atoms with E-state index in [1.807, 2.05) is 6.92 Å². The van der Waals surface area contributed by atoms with E-state index in [2.05, 4.69) is 15.5 Å². The summed E-state index contributed by atoms with van der Waals surface area (Å²) in [6.07, 6.45) is 4.04. The minimum atomic E-state index is -0.774. The van der Waals surface area contributed by atoms with Crippen molar-refractivity contribution in [1.29, 1.82) is 0 Å². The van der Waals surface area contributed by atoms with Crippen LogP contribution in [0.1, 0.15) is 44.4 Å². The molecule has 2 aromatic rings. The second-order valence-corrected chi connectivity index (χ2v) is 6.72. The summed E-state index contributed by atoms with van der Waals surface area (Å²) in [5.41, 5.74) is 3.47. The first-order valence-corrected chi connectivity index (χ1v) is 9.92. The smallest absolute Gasteiger partial charge is 0.311 e. The van der Waals surface area contributed by atoms with Crippen molar-refractivity contribution < 1.29 is 23.0 Å². The average Bonchev–Trinajstić information content (AvgIpc) is 3.08. The number of esters is 1. The van der Waals surface area contributed by atoms with Crippen molar-refractivity contribution in [1.82, 2.24) is 4.98 Å². The summed E-state index contributed by atoms with van der Waals surface area (Å²) < 4.78 is 38.2. The van der Waals surface area contributed by atoms with E-state index in [0.29, 0.717) is 17.4 Å². The first-order valence-electron chi connectivity index (χ1n) is 9.04. The predicted octanol–water partition coefficient (Wildman–Crippen LogP) is 4.54. The number of anilines is 1. The minimum Gasteiger partial charge on any atom is -0.488 e. The van der Waals surface area contributed by atoms with E-state index in [-0.39, 0.29) is 30.3 Å². The number of hydrogen-bond donors (Lipinski definition) is 1. The molecule has 0 unspecified atom stereocenters. The van der Waals surface area contributed by atoms with Crippen molar-refractivity contribution in [3.63, 3.8) is 0 Å². The molecular formula is C19H23F2N3O3S. The molecule has 0 atom stereocenters. The molecule has 0 aliphatic rings. The molecule has 1 N–H and O–H groups in total. The van der Waals surface area contributed by atoms with Crippen molar-refractivity contribution in [2.24, 2.45) is 5.10 Å². The van der Waals surface area contributed by atoms with Gasteiger partial charge in [0.15, 0.2) is 17.4 Å². The lowest BCUT2D eigenvalue weighted by molar-refractivity contribution is -0.142. The molecule has 1 heterocycles. The van der Waals surface area contributed by atoms with E-state index >= 15 is 0 Å². The third-order valence-electron chi connectivity index (χ3n) is 3.57. The number of nitrogens with one attached hydrogen (secondary N) is 1. The second kappa shape index (κ2) is 11.3. The number of thiazole rings is 1. The number of hydrazone groups is 1. The fraction of sp³-hybridized carbons (Fsp3) is 0.421. The number of hydrogen-bond acceptors (Lipinski definition) is 7. The van der Waals surface area contributed by atoms with Gasteiger partial charge in [-0.05, 0) is 25.5 Å². The fourth-order valence-corrected chi connectivity index (χ4v) is 2.94. The van der Waals surface area contributed by atoms with Crippen LogP contribution in [0.3, 0.4) is 0 Å². The van der Waals surface area contributed by atoms with Gasteiger partial charge in [-0.1, -0.05) is 19.8 Å². The fourth-order valence-electron chi connectivity index (χ4n) is 2.28. The van der Waals surface area contributed by atoms with Gasteiger partial charge in [-0.2, -0.15) is 5.10 Å². The van der Waals surface area contributed by atoms with Gasteiger partial charge < -0.3 is 9.47 Å². The number of halogens is 2. The first kappa shape index (κ1) is 21.7. The Morgan fingerprint density at radius 2 is 2.04 bits per heavy atom. The number of carbonyl (C=O) groups is 1. The number of ether oxygens (including phenoxy) is 2. The van der Waals surface area contributed by atoms with Crippen LogP contribution >= 0.6 is 11.3 Å². The Bertz CT molecular complexity index is 788. The summed E-state index contributed by atoms with van der Waals surface area (Å²) in [7, 11) is 0. The lowest BCUT2D eigenvalue weighted by Gasteiger charge is -2.08. The third kappa shape index (κ3) is 6.88. The van der Waals surface area contributed by atoms with Gasteiger partial charge in [0.25, 0.3) is 0 Å². The summed E-state index contributed by atoms with van der Waals surface area (Å²) in [6.45, 7) is 4.36. The maximum Gasteiger partial charge on any atom is 0.311 e. The Balaban J connectivity index is 1.92. The summed E-state index contributed by atoms with van der Waals surface area (Å²) in [5.74, 6) is -2.27. The van der Waals surface area contributed by atoms with Crippen molar-refractivity contribution in [2.45, 2.75) is 39.5 Å². The van der Waals surface area contributed by atoms with Crippen LogP contribution in [0, 0.1) is 11.6 Å². The highest BCUT2D eigenvalue weighted by Crippen LogP contribution is 2.23. The number of carbonyl (C=O) groups excluding carboxylic acids is 1. The third-order valence-corrected chi connectivity index (χ3v) is 4.37. The van der Waals surface area contributed by atoms with Gasteiger partial charge in [0.05, 0.1) is 31.5 Å². The molecule has 0 spiro atoms. The molecule has 0 saturated carbocycles. The maximum absolute atomic E-state index is 14.1. The molecule has 28 heavy (non-hydrogen) atoms. The molecule has 0 saturated heterocycles. The molecule has 152 valence electrons. The zero-order valence-electron chi connectivity index (χ0n) is 15.8. The highest BCUT2D eigenvalue weighted by atomic mass is 32.1. The molecule has 2 rings (SSSR count). The second-order valence-electron chi connectivity index (χ2n) is 5.87. The van der Waals surface area contributed by atoms with Crippen molar-refractivity contribution in [3.8, 4) is 5.75 Å². The Kier molecular flexibility index (Phi) is 8.80. The monoisotopic (exact) mass is 411 g/mol. The highest BCUT2D eigenvalue weighted by molar-refractivity contribution is 7.13. The van der Waals surface area contributed by atoms with Crippen LogP contribution in [-0.2, 0) is 16.0 Å². The topological polar surface area (TPSA) is 72.8 Å². The number of benzene rings is 1. The van der Waals surface area contributed by atoms with Gasteiger partial charge in [0, 0.05) is 10.9 Å². The van der Waals surface area contributed by atoms with E-state index in [9.17, 15) is 13.6 Å². The largest absolute Gasteiger partial charge is 0.488 e. The van der Waals surface area contributed by atoms with Crippen LogP contribution in [0.2, 0.25) is 0 Å². The van der Waals surface area contributed by atoms with Gasteiger partial charge in [-0.3, -0.25) is 10.2 Å². The van der Waals surface area contributed by atoms with Crippen LogP contribution in [0.15, 0.2) is 22.6 Å². The van der Waals surface area contributed by atoms with Gasteiger partial charge in [0.2, 0.25) is 5.13 Å². The van der Waals surface area contributed by atoms with Crippen molar-refractivity contribution >= 4 is 28.7 Å². The lowest BCUT2D eigenvalue weighted by atomic mass is 10.2. The molecule has 0 bridgehead atoms. The van der Waals surface area contributed by atoms with E-state index in [0.717, 1.165) is 31.4 Å². The number of aromatic nitrogens is 1. The SMILES string of the molecule is CCCCCOc1c(F)cc(C=NNc2nc(CC(=O)OCC)cs2)cc1F. The molecule has 1 aromatic carbocycles. The van der Waals surface area contributed by atoms with E-state index < -0.39 is 11.6 Å². The van der Waals surface area contributed by atoms with Gasteiger partial charge in [0.1, 0.15) is 0 Å². The zero-order chi connectivity index (χ0) is 20.4. The van der Waals surface area contributed by atoms with Crippen LogP contribution in [0.25, 0.3) is 0 Å². The first-order chi connectivity index (χ1) is 13.5. The van der Waals surface area contributed by atoms with Crippen LogP contribution in [0.4, 0.5) is 13.9 Å². The summed E-state index contributed by atoms with van der Waals surface area (Å²) >= 11 is 1.25. The Morgan fingerprint density at radius 3 is 2.71 bits per heavy atom. The summed E-state index contributed by atoms with van der Waals surface area (Å²) in [4.78, 5) is 15.6. The number of unbranched alkanes of at least 4 members (excludes halogenated alkanes) is 2. The van der Waals surface area contributed by atoms with Gasteiger partial charge >= 0.3 is 5.97 Å². The Hall–Kier alpha value is -2.55. The van der Waals surface area contributed by atoms with Crippen molar-refractivity contribution in [2.75, 3.05) is 18.6 Å². The standard InChI is InChI=1S/C19H23F2N3O3S/c1-3-5-6-7-27-18-15(20)8-13(9-16(18)21)11-22-24-19-23-14(12-28-19)10-17(25)26-4-2/h8-9,11-12H,3-7,10H2,1-2H3,(H,23,24). The van der Waals surface area contributed by atoms with E-state index in [4.69, 9.17) is 9.47 Å². The van der Waals surface area contributed by atoms with Crippen LogP contribution in [0.5, 0.6) is 5.75 Å². The van der Waals surface area contributed by atoms with Crippen molar-refractivity contribution in [3.05, 3.63) is 40.4 Å². The quantitative estimate of drug-likeness (QED) is 0.254. The van der Waals surface area contributed by atoms with Crippen LogP contribution in [-0.4, -0.2) is 30.4 Å². The molecule has 0 aliphatic carbocycles. The molecule has 6 nitrogen and oxygen atoms in total. The number of rotatable bonds is 11. The lowest BCUT2D eigenvalue weighted by Crippen LogP contribution is -2.07. The molecule has 0 amide bonds. The normalized spacial score (nSPS) is 11.0. The van der Waals surface area contributed by atoms with Crippen LogP contribution < -0.4 is 10.2 Å². The predicted molar refractivity (Wildman–Crippen MR) is 105 cm³/mol. The Labute approximate surface area is 166 Å². The highest BCUT2D eigenvalue weighted by Gasteiger charge is 2.12. The Morgan fingerprint density at radius 1 is 1.29 bits per heavy atom. The molecular weight excluding hydrogens is 388 g/mol. The van der Waals surface area contributed by atoms with E-state index in [1.165, 1.54) is 17.6 Å². The molecule has 9 heteroatoms. The molecule has 1 aromatic heterocycles. The maximum atomic E-state index is 14.1. The molecule has 0 fully saturated rings. The molecule has 0 radical (unpaired) electrons. The van der Waals surface area contributed by atoms with Gasteiger partial charge in [-0.25, -0.2) is 13.8 Å². The zero-order valence-corrected chi connectivity index (χ0v) is 16.7. The summed E-state index contributed by atoms with van der Waals surface area (Å²) in [5, 5.41) is 6.08. The summed E-state index contributed by atoms with van der Waals surface area (Å²) in [6, 6.07) is 2.30. The average molecular weight is 411 g/mol. The van der Waals surface area contributed by atoms with E-state index in [1.54, 1.807) is 12.3 Å². The van der Waals surface area contributed by atoms with Gasteiger partial charge in [-0.15, -0.1) is 11.3 Å². The molecule has 0 aliphatic heterocycles.